The summed E-state index contributed by atoms with van der Waals surface area (Å²) in [6.45, 7) is 8.11. The fourth-order valence-corrected chi connectivity index (χ4v) is 2.00. The molecule has 0 spiro atoms. The summed E-state index contributed by atoms with van der Waals surface area (Å²) in [7, 11) is 1.61. The highest BCUT2D eigenvalue weighted by Crippen LogP contribution is 2.26. The van der Waals surface area contributed by atoms with Gasteiger partial charge < -0.3 is 11.1 Å². The molecule has 0 saturated heterocycles. The summed E-state index contributed by atoms with van der Waals surface area (Å²) < 4.78 is 0. The molecule has 0 aliphatic heterocycles. The van der Waals surface area contributed by atoms with E-state index in [4.69, 9.17) is 5.73 Å². The predicted molar refractivity (Wildman–Crippen MR) is 66.4 cm³/mol. The number of nitrogens with two attached hydrogens (primary N) is 1. The zero-order valence-electron chi connectivity index (χ0n) is 10.6. The van der Waals surface area contributed by atoms with Gasteiger partial charge in [0.25, 0.3) is 0 Å². The van der Waals surface area contributed by atoms with Crippen LogP contribution < -0.4 is 11.1 Å². The number of aryl methyl sites for hydroxylation is 2. The molecule has 88 valence electrons. The van der Waals surface area contributed by atoms with Crippen molar-refractivity contribution >= 4 is 5.91 Å². The Morgan fingerprint density at radius 2 is 1.62 bits per heavy atom. The SMILES string of the molecule is CNC(=O)C(N)c1c(C)c(C)cc(C)c1C. The van der Waals surface area contributed by atoms with Gasteiger partial charge in [-0.2, -0.15) is 0 Å². The van der Waals surface area contributed by atoms with Crippen LogP contribution in [0, 0.1) is 27.7 Å². The van der Waals surface area contributed by atoms with Crippen molar-refractivity contribution in [2.45, 2.75) is 33.7 Å². The second-order valence-electron chi connectivity index (χ2n) is 4.27. The Kier molecular flexibility index (Phi) is 3.70. The number of amides is 1. The topological polar surface area (TPSA) is 55.1 Å². The maximum absolute atomic E-state index is 11.6. The van der Waals surface area contributed by atoms with Gasteiger partial charge in [0.05, 0.1) is 0 Å². The van der Waals surface area contributed by atoms with Crippen LogP contribution in [0.3, 0.4) is 0 Å². The highest BCUT2D eigenvalue weighted by molar-refractivity contribution is 5.83. The summed E-state index contributed by atoms with van der Waals surface area (Å²) in [5.41, 5.74) is 11.5. The van der Waals surface area contributed by atoms with E-state index in [9.17, 15) is 4.79 Å². The Bertz CT molecular complexity index is 398. The summed E-state index contributed by atoms with van der Waals surface area (Å²) in [5, 5.41) is 2.59. The van der Waals surface area contributed by atoms with Gasteiger partial charge in [0.15, 0.2) is 0 Å². The van der Waals surface area contributed by atoms with Crippen LogP contribution in [0.25, 0.3) is 0 Å². The molecule has 3 nitrogen and oxygen atoms in total. The lowest BCUT2D eigenvalue weighted by Gasteiger charge is -2.19. The van der Waals surface area contributed by atoms with Gasteiger partial charge in [-0.05, 0) is 55.5 Å². The van der Waals surface area contributed by atoms with Crippen LogP contribution in [0.15, 0.2) is 6.07 Å². The zero-order chi connectivity index (χ0) is 12.5. The molecular formula is C13H20N2O. The summed E-state index contributed by atoms with van der Waals surface area (Å²) in [5.74, 6) is -0.142. The summed E-state index contributed by atoms with van der Waals surface area (Å²) in [6, 6.07) is 1.55. The Morgan fingerprint density at radius 1 is 1.19 bits per heavy atom. The summed E-state index contributed by atoms with van der Waals surface area (Å²) in [4.78, 5) is 11.6. The van der Waals surface area contributed by atoms with E-state index in [1.54, 1.807) is 7.05 Å². The van der Waals surface area contributed by atoms with Crippen LogP contribution in [0.1, 0.15) is 33.9 Å². The first-order valence-corrected chi connectivity index (χ1v) is 5.44. The molecule has 0 radical (unpaired) electrons. The molecule has 16 heavy (non-hydrogen) atoms. The van der Waals surface area contributed by atoms with E-state index in [1.165, 1.54) is 11.1 Å². The maximum Gasteiger partial charge on any atom is 0.241 e. The monoisotopic (exact) mass is 220 g/mol. The van der Waals surface area contributed by atoms with E-state index in [1.807, 2.05) is 27.7 Å². The third-order valence-corrected chi connectivity index (χ3v) is 3.26. The van der Waals surface area contributed by atoms with Crippen molar-refractivity contribution in [3.63, 3.8) is 0 Å². The molecular weight excluding hydrogens is 200 g/mol. The third-order valence-electron chi connectivity index (χ3n) is 3.26. The van der Waals surface area contributed by atoms with Gasteiger partial charge in [0, 0.05) is 7.05 Å². The van der Waals surface area contributed by atoms with E-state index in [0.29, 0.717) is 0 Å². The van der Waals surface area contributed by atoms with Crippen LogP contribution >= 0.6 is 0 Å². The smallest absolute Gasteiger partial charge is 0.241 e. The lowest BCUT2D eigenvalue weighted by Crippen LogP contribution is -2.32. The molecule has 0 saturated carbocycles. The molecule has 1 unspecified atom stereocenters. The van der Waals surface area contributed by atoms with Crippen LogP contribution in [-0.2, 0) is 4.79 Å². The fourth-order valence-electron chi connectivity index (χ4n) is 2.00. The summed E-state index contributed by atoms with van der Waals surface area (Å²) in [6.07, 6.45) is 0. The van der Waals surface area contributed by atoms with E-state index in [0.717, 1.165) is 16.7 Å². The van der Waals surface area contributed by atoms with Crippen LogP contribution in [0.2, 0.25) is 0 Å². The first-order chi connectivity index (χ1) is 7.40. The largest absolute Gasteiger partial charge is 0.358 e. The second kappa shape index (κ2) is 4.66. The van der Waals surface area contributed by atoms with Crippen LogP contribution in [0.5, 0.6) is 0 Å². The Labute approximate surface area is 97.0 Å². The van der Waals surface area contributed by atoms with Crippen molar-refractivity contribution in [2.24, 2.45) is 5.73 Å². The number of benzene rings is 1. The normalized spacial score (nSPS) is 12.4. The fraction of sp³-hybridized carbons (Fsp3) is 0.462. The van der Waals surface area contributed by atoms with Gasteiger partial charge in [-0.3, -0.25) is 4.79 Å². The standard InChI is InChI=1S/C13H20N2O/c1-7-6-8(2)10(4)11(9(7)3)12(14)13(16)15-5/h6,12H,14H2,1-5H3,(H,15,16). The molecule has 0 heterocycles. The highest BCUT2D eigenvalue weighted by atomic mass is 16.2. The number of carbonyl (C=O) groups excluding carboxylic acids is 1. The van der Waals surface area contributed by atoms with Gasteiger partial charge in [-0.15, -0.1) is 0 Å². The quantitative estimate of drug-likeness (QED) is 0.796. The molecule has 0 aromatic heterocycles. The van der Waals surface area contributed by atoms with Crippen LogP contribution in [0.4, 0.5) is 0 Å². The molecule has 1 aromatic carbocycles. The Morgan fingerprint density at radius 3 is 2.00 bits per heavy atom. The first-order valence-electron chi connectivity index (χ1n) is 5.44. The van der Waals surface area contributed by atoms with Crippen molar-refractivity contribution in [3.05, 3.63) is 33.9 Å². The third kappa shape index (κ3) is 2.09. The number of rotatable bonds is 2. The average molecular weight is 220 g/mol. The minimum absolute atomic E-state index is 0.142. The number of nitrogens with one attached hydrogen (secondary N) is 1. The molecule has 0 aliphatic rings. The van der Waals surface area contributed by atoms with Crippen molar-refractivity contribution in [1.29, 1.82) is 0 Å². The lowest BCUT2D eigenvalue weighted by molar-refractivity contribution is -0.122. The molecule has 0 bridgehead atoms. The zero-order valence-corrected chi connectivity index (χ0v) is 10.6. The van der Waals surface area contributed by atoms with Gasteiger partial charge >= 0.3 is 0 Å². The number of hydrogen-bond acceptors (Lipinski definition) is 2. The summed E-state index contributed by atoms with van der Waals surface area (Å²) >= 11 is 0. The molecule has 1 atom stereocenters. The van der Waals surface area contributed by atoms with E-state index >= 15 is 0 Å². The number of hydrogen-bond donors (Lipinski definition) is 2. The average Bonchev–Trinajstić information content (AvgIpc) is 2.25. The lowest BCUT2D eigenvalue weighted by atomic mass is 9.90. The Hall–Kier alpha value is -1.35. The number of likely N-dealkylation sites (N-methyl/N-ethyl adjacent to an activating group) is 1. The van der Waals surface area contributed by atoms with Crippen molar-refractivity contribution in [2.75, 3.05) is 7.05 Å². The van der Waals surface area contributed by atoms with Gasteiger partial charge in [0.2, 0.25) is 5.91 Å². The molecule has 1 rings (SSSR count). The molecule has 3 N–H and O–H groups in total. The molecule has 0 aliphatic carbocycles. The minimum Gasteiger partial charge on any atom is -0.358 e. The molecule has 3 heteroatoms. The molecule has 1 amide bonds. The van der Waals surface area contributed by atoms with E-state index < -0.39 is 6.04 Å². The van der Waals surface area contributed by atoms with Crippen LogP contribution in [-0.4, -0.2) is 13.0 Å². The maximum atomic E-state index is 11.6. The first kappa shape index (κ1) is 12.7. The molecule has 0 fully saturated rings. The minimum atomic E-state index is -0.580. The van der Waals surface area contributed by atoms with E-state index in [2.05, 4.69) is 11.4 Å². The number of carbonyl (C=O) groups is 1. The van der Waals surface area contributed by atoms with Crippen molar-refractivity contribution in [3.8, 4) is 0 Å². The van der Waals surface area contributed by atoms with Gasteiger partial charge in [0.1, 0.15) is 6.04 Å². The van der Waals surface area contributed by atoms with Gasteiger partial charge in [-0.1, -0.05) is 6.07 Å². The highest BCUT2D eigenvalue weighted by Gasteiger charge is 2.20. The molecule has 1 aromatic rings. The predicted octanol–water partition coefficient (Wildman–Crippen LogP) is 1.67. The van der Waals surface area contributed by atoms with Crippen molar-refractivity contribution < 1.29 is 4.79 Å². The Balaban J connectivity index is 3.37. The van der Waals surface area contributed by atoms with E-state index in [-0.39, 0.29) is 5.91 Å². The van der Waals surface area contributed by atoms with Gasteiger partial charge in [-0.25, -0.2) is 0 Å². The second-order valence-corrected chi connectivity index (χ2v) is 4.27. The van der Waals surface area contributed by atoms with Crippen molar-refractivity contribution in [1.82, 2.24) is 5.32 Å².